The second kappa shape index (κ2) is 20.6. The van der Waals surface area contributed by atoms with Crippen molar-refractivity contribution >= 4 is 29.4 Å². The minimum Gasteiger partial charge on any atom is -0.507 e. The van der Waals surface area contributed by atoms with E-state index < -0.39 is 23.6 Å². The van der Waals surface area contributed by atoms with Crippen LogP contribution >= 0.6 is 0 Å². The number of aromatic hydroxyl groups is 1. The van der Waals surface area contributed by atoms with Gasteiger partial charge in [-0.2, -0.15) is 0 Å². The number of hydrogen-bond donors (Lipinski definition) is 5. The highest BCUT2D eigenvalue weighted by Crippen LogP contribution is 2.38. The van der Waals surface area contributed by atoms with Gasteiger partial charge in [-0.1, -0.05) is 51.0 Å². The summed E-state index contributed by atoms with van der Waals surface area (Å²) in [6.45, 7) is 16.0. The van der Waals surface area contributed by atoms with Crippen LogP contribution < -0.4 is 20.9 Å². The van der Waals surface area contributed by atoms with E-state index in [2.05, 4.69) is 57.7 Å². The minimum absolute atomic E-state index is 0.0329. The zero-order chi connectivity index (χ0) is 47.5. The quantitative estimate of drug-likeness (QED) is 0.187. The highest BCUT2D eigenvalue weighted by Gasteiger charge is 2.45. The lowest BCUT2D eigenvalue weighted by Crippen LogP contribution is -2.61. The van der Waals surface area contributed by atoms with E-state index >= 15 is 0 Å². The van der Waals surface area contributed by atoms with Gasteiger partial charge in [0.15, 0.2) is 5.82 Å². The van der Waals surface area contributed by atoms with Gasteiger partial charge in [0.1, 0.15) is 17.8 Å². The number of para-hydroxylation sites is 1. The first-order chi connectivity index (χ1) is 32.8. The second-order valence-corrected chi connectivity index (χ2v) is 21.1. The van der Waals surface area contributed by atoms with E-state index in [0.717, 1.165) is 81.5 Å². The normalized spacial score (nSPS) is 25.7. The standard InChI is InChI=1S/C52H71N11O5/c1-5-35-10-12-36(13-11-35)30-54-49(66)45-28-41(64)34-63(45)50(67)47(52(2,3)4)55-51(68)60-24-22-58(23-25-60)32-37-18-20-59(21-19-37)38-14-16-39(17-15-38)61-26-27-62-40(33-61)31-53-48-44(62)29-43(56-57-48)42-8-6-7-9-46(42)65/h1,6-13,29,37-41,45,47,64-65H,14-28,30-34H2,2-4H3,(H,53,57)(H,54,66)(H,55,68)/t38-,39+,40-,41+,45-,47+/m0/s1. The van der Waals surface area contributed by atoms with Crippen LogP contribution in [0, 0.1) is 23.7 Å². The van der Waals surface area contributed by atoms with Gasteiger partial charge >= 0.3 is 6.03 Å². The molecule has 4 atom stereocenters. The van der Waals surface area contributed by atoms with Crippen molar-refractivity contribution in [1.29, 1.82) is 0 Å². The van der Waals surface area contributed by atoms with Crippen molar-refractivity contribution in [3.63, 3.8) is 0 Å². The first-order valence-corrected chi connectivity index (χ1v) is 25.1. The van der Waals surface area contributed by atoms with Gasteiger partial charge in [0.05, 0.1) is 23.5 Å². The number of nitrogens with one attached hydrogen (secondary N) is 3. The molecule has 16 nitrogen and oxygen atoms in total. The lowest BCUT2D eigenvalue weighted by molar-refractivity contribution is -0.142. The Morgan fingerprint density at radius 2 is 1.56 bits per heavy atom. The fourth-order valence-corrected chi connectivity index (χ4v) is 11.6. The zero-order valence-corrected chi connectivity index (χ0v) is 40.2. The van der Waals surface area contributed by atoms with E-state index in [4.69, 9.17) is 6.42 Å². The van der Waals surface area contributed by atoms with Crippen LogP contribution in [0.4, 0.5) is 16.3 Å². The molecule has 1 aromatic heterocycles. The minimum atomic E-state index is -0.877. The fourth-order valence-electron chi connectivity index (χ4n) is 11.6. The van der Waals surface area contributed by atoms with Crippen LogP contribution in [0.2, 0.25) is 0 Å². The number of likely N-dealkylation sites (tertiary alicyclic amines) is 2. The average Bonchev–Trinajstić information content (AvgIpc) is 3.76. The molecule has 2 aromatic carbocycles. The first kappa shape index (κ1) is 47.6. The van der Waals surface area contributed by atoms with Gasteiger partial charge in [0, 0.05) is 102 Å². The summed E-state index contributed by atoms with van der Waals surface area (Å²) in [4.78, 5) is 55.1. The summed E-state index contributed by atoms with van der Waals surface area (Å²) in [6, 6.07) is 16.4. The molecule has 0 unspecified atom stereocenters. The molecule has 3 aromatic rings. The number of aromatic nitrogens is 2. The highest BCUT2D eigenvalue weighted by molar-refractivity contribution is 5.93. The van der Waals surface area contributed by atoms with Crippen molar-refractivity contribution in [3.05, 3.63) is 65.7 Å². The largest absolute Gasteiger partial charge is 0.507 e. The Hall–Kier alpha value is -5.47. The molecule has 364 valence electrons. The van der Waals surface area contributed by atoms with Gasteiger partial charge in [-0.25, -0.2) is 4.79 Å². The van der Waals surface area contributed by atoms with Crippen LogP contribution in [-0.2, 0) is 16.1 Å². The summed E-state index contributed by atoms with van der Waals surface area (Å²) in [5, 5.41) is 39.5. The van der Waals surface area contributed by atoms with E-state index in [0.29, 0.717) is 48.4 Å². The molecule has 0 bridgehead atoms. The number of phenols is 1. The van der Waals surface area contributed by atoms with Crippen molar-refractivity contribution in [2.75, 3.05) is 88.8 Å². The maximum Gasteiger partial charge on any atom is 0.318 e. The lowest BCUT2D eigenvalue weighted by atomic mass is 9.85. The third-order valence-electron chi connectivity index (χ3n) is 15.6. The molecule has 1 saturated carbocycles. The number of terminal acetylenes is 1. The molecule has 68 heavy (non-hydrogen) atoms. The molecule has 1 aliphatic carbocycles. The van der Waals surface area contributed by atoms with Crippen molar-refractivity contribution in [2.45, 2.75) is 109 Å². The van der Waals surface area contributed by atoms with Gasteiger partial charge in [-0.15, -0.1) is 16.6 Å². The molecule has 5 N–H and O–H groups in total. The molecular weight excluding hydrogens is 859 g/mol. The van der Waals surface area contributed by atoms with Crippen LogP contribution in [0.5, 0.6) is 5.75 Å². The predicted octanol–water partition coefficient (Wildman–Crippen LogP) is 3.79. The Morgan fingerprint density at radius 1 is 0.853 bits per heavy atom. The molecule has 9 rings (SSSR count). The summed E-state index contributed by atoms with van der Waals surface area (Å²) in [7, 11) is 0. The summed E-state index contributed by atoms with van der Waals surface area (Å²) < 4.78 is 0. The number of hydrogen-bond acceptors (Lipinski definition) is 12. The monoisotopic (exact) mass is 930 g/mol. The number of aliphatic hydroxyl groups excluding tert-OH is 1. The number of rotatable bonds is 10. The average molecular weight is 930 g/mol. The number of anilines is 2. The van der Waals surface area contributed by atoms with Gasteiger partial charge in [0.25, 0.3) is 0 Å². The molecule has 0 radical (unpaired) electrons. The Bertz CT molecular complexity index is 2290. The molecule has 4 saturated heterocycles. The smallest absolute Gasteiger partial charge is 0.318 e. The molecule has 0 spiro atoms. The number of phenolic OH excluding ortho intramolecular Hbond substituents is 1. The first-order valence-electron chi connectivity index (χ1n) is 25.1. The van der Waals surface area contributed by atoms with E-state index in [-0.39, 0.29) is 43.1 Å². The number of piperazine rings is 2. The van der Waals surface area contributed by atoms with E-state index in [1.807, 2.05) is 68.1 Å². The Kier molecular flexibility index (Phi) is 14.4. The summed E-state index contributed by atoms with van der Waals surface area (Å²) >= 11 is 0. The number of urea groups is 1. The topological polar surface area (TPSA) is 173 Å². The van der Waals surface area contributed by atoms with Crippen LogP contribution in [0.1, 0.15) is 76.8 Å². The second-order valence-electron chi connectivity index (χ2n) is 21.1. The summed E-state index contributed by atoms with van der Waals surface area (Å²) in [6.07, 6.45) is 12.2. The van der Waals surface area contributed by atoms with Crippen LogP contribution in [0.25, 0.3) is 11.3 Å². The van der Waals surface area contributed by atoms with Gasteiger partial charge in [-0.05, 0) is 98.8 Å². The number of carbonyl (C=O) groups excluding carboxylic acids is 3. The number of amides is 4. The maximum atomic E-state index is 14.2. The SMILES string of the molecule is C#Cc1ccc(CNC(=O)[C@@H]2C[C@@H](O)CN2C(=O)[C@@H](NC(=O)N2CCN(CC3CCN([C@H]4CC[C@@H](N5CCN6c7cc(-c8ccccc8O)nnc7NC[C@H]6C5)CC4)CC3)CC2)C(C)(C)C)cc1. The zero-order valence-electron chi connectivity index (χ0n) is 40.2. The molecule has 16 heteroatoms. The van der Waals surface area contributed by atoms with Gasteiger partial charge in [0.2, 0.25) is 11.8 Å². The van der Waals surface area contributed by atoms with E-state index in [9.17, 15) is 24.6 Å². The number of β-amino-alcohol motifs (C(OH)–C–C–N with tert-alkyl or cyclic N) is 1. The fraction of sp³-hybridized carbons (Fsp3) is 0.596. The Labute approximate surface area is 401 Å². The molecule has 6 aliphatic rings. The molecule has 4 amide bonds. The maximum absolute atomic E-state index is 14.2. The molecule has 5 fully saturated rings. The van der Waals surface area contributed by atoms with Gasteiger partial charge in [-0.3, -0.25) is 19.4 Å². The van der Waals surface area contributed by atoms with Crippen LogP contribution in [0.3, 0.4) is 0 Å². The third kappa shape index (κ3) is 10.7. The van der Waals surface area contributed by atoms with E-state index in [1.54, 1.807) is 6.07 Å². The molecule has 6 heterocycles. The van der Waals surface area contributed by atoms with Crippen LogP contribution in [0.15, 0.2) is 54.6 Å². The predicted molar refractivity (Wildman–Crippen MR) is 263 cm³/mol. The Balaban J connectivity index is 0.689. The summed E-state index contributed by atoms with van der Waals surface area (Å²) in [5.41, 5.74) is 3.46. The van der Waals surface area contributed by atoms with Crippen molar-refractivity contribution in [1.82, 2.24) is 45.3 Å². The molecule has 5 aliphatic heterocycles. The third-order valence-corrected chi connectivity index (χ3v) is 15.6. The number of piperidine rings is 1. The summed E-state index contributed by atoms with van der Waals surface area (Å²) in [5.74, 6) is 3.57. The number of carbonyl (C=O) groups is 3. The van der Waals surface area contributed by atoms with E-state index in [1.165, 1.54) is 43.4 Å². The Morgan fingerprint density at radius 3 is 2.25 bits per heavy atom. The number of aliphatic hydroxyl groups is 1. The van der Waals surface area contributed by atoms with Crippen molar-refractivity contribution < 1.29 is 24.6 Å². The number of fused-ring (bicyclic) bond motifs is 3. The lowest BCUT2D eigenvalue weighted by Gasteiger charge is -2.49. The highest BCUT2D eigenvalue weighted by atomic mass is 16.3. The van der Waals surface area contributed by atoms with Gasteiger partial charge < -0.3 is 45.8 Å². The van der Waals surface area contributed by atoms with Crippen LogP contribution in [-0.4, -0.2) is 178 Å². The van der Waals surface area contributed by atoms with Crippen molar-refractivity contribution in [3.8, 4) is 29.4 Å². The molecular formula is C52H71N11O5. The number of benzene rings is 2. The van der Waals surface area contributed by atoms with Crippen molar-refractivity contribution in [2.24, 2.45) is 11.3 Å². The number of nitrogens with zero attached hydrogens (tertiary/aromatic N) is 8.